The van der Waals surface area contributed by atoms with Crippen LogP contribution >= 0.6 is 0 Å². The molecule has 1 saturated heterocycles. The Morgan fingerprint density at radius 2 is 1.82 bits per heavy atom. The van der Waals surface area contributed by atoms with E-state index in [0.29, 0.717) is 42.8 Å². The second kappa shape index (κ2) is 11.2. The van der Waals surface area contributed by atoms with Gasteiger partial charge < -0.3 is 15.3 Å². The van der Waals surface area contributed by atoms with Gasteiger partial charge in [-0.2, -0.15) is 10.4 Å². The SMILES string of the molecule is N#CC1(NC(=O)C2CC(F)(F)CCC2c2nn(-c3ccc(F)cn3)c(CO)c2-c2ccc(N3CCS(=O)(=O)CC3)cc2)CC1. The maximum absolute atomic E-state index is 14.8. The van der Waals surface area contributed by atoms with Crippen LogP contribution in [0.25, 0.3) is 16.9 Å². The van der Waals surface area contributed by atoms with Crippen LogP contribution in [0.15, 0.2) is 42.6 Å². The number of carbonyl (C=O) groups is 1. The predicted molar refractivity (Wildman–Crippen MR) is 154 cm³/mol. The van der Waals surface area contributed by atoms with E-state index in [2.05, 4.69) is 16.4 Å². The number of carbonyl (C=O) groups excluding carboxylic acids is 1. The van der Waals surface area contributed by atoms with E-state index in [-0.39, 0.29) is 29.4 Å². The smallest absolute Gasteiger partial charge is 0.249 e. The number of pyridine rings is 1. The van der Waals surface area contributed by atoms with Gasteiger partial charge in [-0.05, 0) is 49.1 Å². The molecule has 0 spiro atoms. The number of anilines is 1. The summed E-state index contributed by atoms with van der Waals surface area (Å²) in [6.45, 7) is 0.172. The van der Waals surface area contributed by atoms with Crippen molar-refractivity contribution in [3.05, 3.63) is 59.8 Å². The lowest BCUT2D eigenvalue weighted by molar-refractivity contribution is -0.134. The van der Waals surface area contributed by atoms with Crippen LogP contribution in [-0.4, -0.2) is 70.3 Å². The molecule has 1 aromatic carbocycles. The third kappa shape index (κ3) is 5.90. The van der Waals surface area contributed by atoms with Crippen molar-refractivity contribution in [1.82, 2.24) is 20.1 Å². The highest BCUT2D eigenvalue weighted by atomic mass is 32.2. The summed E-state index contributed by atoms with van der Waals surface area (Å²) in [5.41, 5.74) is 1.38. The van der Waals surface area contributed by atoms with Crippen molar-refractivity contribution in [2.24, 2.45) is 5.92 Å². The monoisotopic (exact) mass is 628 g/mol. The zero-order valence-corrected chi connectivity index (χ0v) is 24.5. The molecule has 3 fully saturated rings. The summed E-state index contributed by atoms with van der Waals surface area (Å²) in [6.07, 6.45) is 0.622. The average Bonchev–Trinajstić information content (AvgIpc) is 3.67. The van der Waals surface area contributed by atoms with E-state index < -0.39 is 64.3 Å². The molecule has 44 heavy (non-hydrogen) atoms. The van der Waals surface area contributed by atoms with Gasteiger partial charge in [0.05, 0.1) is 47.7 Å². The van der Waals surface area contributed by atoms with E-state index in [0.717, 1.165) is 11.9 Å². The highest BCUT2D eigenvalue weighted by Gasteiger charge is 2.51. The van der Waals surface area contributed by atoms with E-state index in [9.17, 15) is 36.8 Å². The maximum Gasteiger partial charge on any atom is 0.249 e. The number of aliphatic hydroxyl groups excluding tert-OH is 1. The van der Waals surface area contributed by atoms with Crippen LogP contribution in [0, 0.1) is 23.1 Å². The van der Waals surface area contributed by atoms with E-state index in [1.807, 2.05) is 17.0 Å². The van der Waals surface area contributed by atoms with E-state index >= 15 is 0 Å². The van der Waals surface area contributed by atoms with Crippen molar-refractivity contribution in [2.45, 2.75) is 56.1 Å². The molecule has 2 atom stereocenters. The van der Waals surface area contributed by atoms with Gasteiger partial charge in [0.15, 0.2) is 15.7 Å². The number of sulfone groups is 1. The minimum Gasteiger partial charge on any atom is -0.390 e. The first-order valence-electron chi connectivity index (χ1n) is 14.4. The summed E-state index contributed by atoms with van der Waals surface area (Å²) >= 11 is 0. The van der Waals surface area contributed by atoms with Crippen LogP contribution in [-0.2, 0) is 21.2 Å². The third-order valence-electron chi connectivity index (χ3n) is 8.79. The molecule has 0 radical (unpaired) electrons. The van der Waals surface area contributed by atoms with Crippen LogP contribution in [0.4, 0.5) is 18.9 Å². The number of nitrogens with zero attached hydrogens (tertiary/aromatic N) is 5. The summed E-state index contributed by atoms with van der Waals surface area (Å²) in [7, 11) is -3.07. The number of hydrogen-bond donors (Lipinski definition) is 2. The van der Waals surface area contributed by atoms with Crippen LogP contribution in [0.2, 0.25) is 0 Å². The minimum atomic E-state index is -3.09. The van der Waals surface area contributed by atoms with Crippen molar-refractivity contribution in [1.29, 1.82) is 5.26 Å². The molecular formula is C30H31F3N6O4S. The molecule has 0 bridgehead atoms. The zero-order valence-electron chi connectivity index (χ0n) is 23.7. The molecule has 1 aliphatic heterocycles. The van der Waals surface area contributed by atoms with Gasteiger partial charge in [-0.1, -0.05) is 12.1 Å². The maximum atomic E-state index is 14.8. The summed E-state index contributed by atoms with van der Waals surface area (Å²) in [5, 5.41) is 27.5. The van der Waals surface area contributed by atoms with Crippen LogP contribution in [0.1, 0.15) is 49.4 Å². The minimum absolute atomic E-state index is 0.0495. The predicted octanol–water partition coefficient (Wildman–Crippen LogP) is 3.49. The lowest BCUT2D eigenvalue weighted by Crippen LogP contribution is -2.45. The molecule has 2 aliphatic carbocycles. The third-order valence-corrected chi connectivity index (χ3v) is 10.4. The molecule has 14 heteroatoms. The lowest BCUT2D eigenvalue weighted by Gasteiger charge is -2.35. The Hall–Kier alpha value is -3.96. The number of rotatable bonds is 7. The number of hydrogen-bond acceptors (Lipinski definition) is 8. The zero-order chi connectivity index (χ0) is 31.3. The molecule has 2 unspecified atom stereocenters. The number of nitriles is 1. The Bertz CT molecular complexity index is 1700. The summed E-state index contributed by atoms with van der Waals surface area (Å²) in [6, 6.07) is 11.8. The molecule has 232 valence electrons. The van der Waals surface area contributed by atoms with Gasteiger partial charge in [0.1, 0.15) is 11.4 Å². The second-order valence-electron chi connectivity index (χ2n) is 11.8. The number of aliphatic hydroxyl groups is 1. The highest BCUT2D eigenvalue weighted by Crippen LogP contribution is 2.48. The summed E-state index contributed by atoms with van der Waals surface area (Å²) < 4.78 is 68.4. The number of nitrogens with one attached hydrogen (secondary N) is 1. The fraction of sp³-hybridized carbons (Fsp3) is 0.467. The largest absolute Gasteiger partial charge is 0.390 e. The van der Waals surface area contributed by atoms with E-state index in [4.69, 9.17) is 5.10 Å². The van der Waals surface area contributed by atoms with Crippen molar-refractivity contribution >= 4 is 21.4 Å². The van der Waals surface area contributed by atoms with E-state index in [1.54, 1.807) is 12.1 Å². The Morgan fingerprint density at radius 3 is 2.41 bits per heavy atom. The van der Waals surface area contributed by atoms with Crippen LogP contribution in [0.5, 0.6) is 0 Å². The molecule has 1 amide bonds. The molecular weight excluding hydrogens is 597 g/mol. The number of alkyl halides is 2. The first kappa shape index (κ1) is 30.1. The fourth-order valence-corrected chi connectivity index (χ4v) is 7.34. The standard InChI is InChI=1S/C30H31F3N6O4S/c31-20-3-6-25(35-16-20)39-24(17-40)26(19-1-4-21(5-2-19)38-11-13-44(42,43)14-12-38)27(37-39)22-7-8-30(32,33)15-23(22)28(41)36-29(18-34)9-10-29/h1-6,16,22-23,40H,7-15,17H2,(H,36,41). The van der Waals surface area contributed by atoms with Gasteiger partial charge >= 0.3 is 0 Å². The normalized spacial score (nSPS) is 23.5. The van der Waals surface area contributed by atoms with Crippen molar-refractivity contribution in [2.75, 3.05) is 29.5 Å². The number of benzene rings is 1. The van der Waals surface area contributed by atoms with Crippen molar-refractivity contribution < 1.29 is 31.5 Å². The Labute approximate surface area is 252 Å². The van der Waals surface area contributed by atoms with Crippen molar-refractivity contribution in [3.8, 4) is 23.0 Å². The van der Waals surface area contributed by atoms with Gasteiger partial charge in [-0.3, -0.25) is 4.79 Å². The molecule has 2 saturated carbocycles. The Morgan fingerprint density at radius 1 is 1.11 bits per heavy atom. The quantitative estimate of drug-likeness (QED) is 0.405. The molecule has 6 rings (SSSR count). The van der Waals surface area contributed by atoms with E-state index in [1.165, 1.54) is 16.8 Å². The van der Waals surface area contributed by atoms with Gasteiger partial charge in [0, 0.05) is 43.1 Å². The van der Waals surface area contributed by atoms with Crippen LogP contribution < -0.4 is 10.2 Å². The van der Waals surface area contributed by atoms with Crippen LogP contribution in [0.3, 0.4) is 0 Å². The fourth-order valence-electron chi connectivity index (χ4n) is 6.14. The average molecular weight is 629 g/mol. The van der Waals surface area contributed by atoms with Gasteiger partial charge in [0.25, 0.3) is 0 Å². The molecule has 3 aromatic rings. The topological polar surface area (TPSA) is 141 Å². The molecule has 3 heterocycles. The Kier molecular flexibility index (Phi) is 7.65. The van der Waals surface area contributed by atoms with Gasteiger partial charge in [0.2, 0.25) is 11.8 Å². The van der Waals surface area contributed by atoms with Gasteiger partial charge in [-0.25, -0.2) is 31.3 Å². The molecule has 3 aliphatic rings. The summed E-state index contributed by atoms with van der Waals surface area (Å²) in [4.78, 5) is 19.5. The number of aromatic nitrogens is 3. The lowest BCUT2D eigenvalue weighted by atomic mass is 9.73. The number of halogens is 3. The Balaban J connectivity index is 1.43. The molecule has 2 N–H and O–H groups in total. The summed E-state index contributed by atoms with van der Waals surface area (Å²) in [5.74, 6) is -6.00. The van der Waals surface area contributed by atoms with Crippen molar-refractivity contribution in [3.63, 3.8) is 0 Å². The second-order valence-corrected chi connectivity index (χ2v) is 14.1. The first-order chi connectivity index (χ1) is 20.9. The number of amides is 1. The first-order valence-corrected chi connectivity index (χ1v) is 16.3. The molecule has 2 aromatic heterocycles. The molecule has 10 nitrogen and oxygen atoms in total. The van der Waals surface area contributed by atoms with Gasteiger partial charge in [-0.15, -0.1) is 0 Å². The highest BCUT2D eigenvalue weighted by molar-refractivity contribution is 7.91.